The summed E-state index contributed by atoms with van der Waals surface area (Å²) in [7, 11) is 6.11. The lowest BCUT2D eigenvalue weighted by Gasteiger charge is -2.29. The van der Waals surface area contributed by atoms with Crippen molar-refractivity contribution < 1.29 is 4.74 Å². The molecule has 134 valence electrons. The van der Waals surface area contributed by atoms with Crippen molar-refractivity contribution >= 4 is 5.96 Å². The Labute approximate surface area is 146 Å². The number of hydrogen-bond donors (Lipinski definition) is 1. The molecule has 24 heavy (non-hydrogen) atoms. The van der Waals surface area contributed by atoms with Crippen molar-refractivity contribution in [2.45, 2.75) is 19.3 Å². The number of nitrogens with one attached hydrogen (secondary N) is 1. The first-order valence-electron chi connectivity index (χ1n) is 8.97. The number of para-hydroxylation sites is 1. The lowest BCUT2D eigenvalue weighted by molar-refractivity contribution is 0.212. The van der Waals surface area contributed by atoms with Gasteiger partial charge in [-0.1, -0.05) is 18.2 Å². The molecule has 0 aromatic heterocycles. The van der Waals surface area contributed by atoms with E-state index in [0.29, 0.717) is 6.61 Å². The average Bonchev–Trinajstić information content (AvgIpc) is 2.61. The lowest BCUT2D eigenvalue weighted by Crippen LogP contribution is -2.42. The maximum absolute atomic E-state index is 5.75. The molecular weight excluding hydrogens is 300 g/mol. The molecule has 0 bridgehead atoms. The predicted octanol–water partition coefficient (Wildman–Crippen LogP) is 2.30. The van der Waals surface area contributed by atoms with E-state index in [0.717, 1.165) is 30.7 Å². The Bertz CT molecular complexity index is 483. The van der Waals surface area contributed by atoms with Gasteiger partial charge >= 0.3 is 0 Å². The van der Waals surface area contributed by atoms with Crippen molar-refractivity contribution in [1.82, 2.24) is 15.1 Å². The highest BCUT2D eigenvalue weighted by atomic mass is 16.5. The van der Waals surface area contributed by atoms with Gasteiger partial charge in [0.25, 0.3) is 0 Å². The molecule has 0 spiro atoms. The van der Waals surface area contributed by atoms with E-state index >= 15 is 0 Å². The van der Waals surface area contributed by atoms with E-state index in [9.17, 15) is 0 Å². The number of guanidine groups is 1. The van der Waals surface area contributed by atoms with Crippen LogP contribution in [0.4, 0.5) is 0 Å². The zero-order valence-corrected chi connectivity index (χ0v) is 15.4. The summed E-state index contributed by atoms with van der Waals surface area (Å²) in [6.45, 7) is 4.91. The van der Waals surface area contributed by atoms with Gasteiger partial charge in [-0.05, 0) is 57.5 Å². The monoisotopic (exact) mass is 332 g/mol. The number of aliphatic imine (C=N–C) groups is 1. The number of nitrogens with zero attached hydrogens (tertiary/aromatic N) is 3. The molecule has 1 aliphatic rings. The molecule has 2 rings (SSSR count). The number of benzene rings is 1. The van der Waals surface area contributed by atoms with E-state index in [2.05, 4.69) is 34.2 Å². The van der Waals surface area contributed by atoms with Crippen LogP contribution in [0.25, 0.3) is 0 Å². The van der Waals surface area contributed by atoms with E-state index in [-0.39, 0.29) is 0 Å². The molecule has 5 nitrogen and oxygen atoms in total. The summed E-state index contributed by atoms with van der Waals surface area (Å²) in [6.07, 6.45) is 3.86. The SMILES string of the molecule is CN=C(NCCC1CCN(C)CC1)N(C)CCOc1ccccc1. The minimum atomic E-state index is 0.649. The summed E-state index contributed by atoms with van der Waals surface area (Å²) < 4.78 is 5.75. The van der Waals surface area contributed by atoms with Crippen molar-refractivity contribution in [3.63, 3.8) is 0 Å². The summed E-state index contributed by atoms with van der Waals surface area (Å²) in [5.74, 6) is 2.70. The summed E-state index contributed by atoms with van der Waals surface area (Å²) in [6, 6.07) is 9.93. The van der Waals surface area contributed by atoms with Crippen LogP contribution in [0, 0.1) is 5.92 Å². The topological polar surface area (TPSA) is 40.1 Å². The van der Waals surface area contributed by atoms with Crippen LogP contribution in [0.15, 0.2) is 35.3 Å². The molecular formula is C19H32N4O. The summed E-state index contributed by atoms with van der Waals surface area (Å²) in [5.41, 5.74) is 0. The zero-order valence-electron chi connectivity index (χ0n) is 15.4. The first-order chi connectivity index (χ1) is 11.7. The molecule has 5 heteroatoms. The maximum Gasteiger partial charge on any atom is 0.193 e. The molecule has 0 radical (unpaired) electrons. The molecule has 0 atom stereocenters. The fourth-order valence-electron chi connectivity index (χ4n) is 3.05. The molecule has 0 saturated carbocycles. The number of likely N-dealkylation sites (tertiary alicyclic amines) is 1. The highest BCUT2D eigenvalue weighted by molar-refractivity contribution is 5.79. The molecule has 1 aromatic carbocycles. The van der Waals surface area contributed by atoms with E-state index in [1.165, 1.54) is 32.4 Å². The molecule has 1 saturated heterocycles. The van der Waals surface area contributed by atoms with Gasteiger partial charge in [0, 0.05) is 20.6 Å². The Morgan fingerprint density at radius 3 is 2.67 bits per heavy atom. The first kappa shape index (κ1) is 18.6. The number of piperidine rings is 1. The standard InChI is InChI=1S/C19H32N4O/c1-20-19(21-12-9-17-10-13-22(2)14-11-17)23(3)15-16-24-18-7-5-4-6-8-18/h4-8,17H,9-16H2,1-3H3,(H,20,21). The molecule has 0 aliphatic carbocycles. The van der Waals surface area contributed by atoms with Crippen LogP contribution in [0.2, 0.25) is 0 Å². The second-order valence-corrected chi connectivity index (χ2v) is 6.59. The van der Waals surface area contributed by atoms with Crippen molar-refractivity contribution in [2.75, 3.05) is 53.9 Å². The number of rotatable bonds is 7. The van der Waals surface area contributed by atoms with Gasteiger partial charge in [0.1, 0.15) is 12.4 Å². The molecule has 1 N–H and O–H groups in total. The van der Waals surface area contributed by atoms with E-state index in [4.69, 9.17) is 4.74 Å². The normalized spacial score (nSPS) is 16.9. The van der Waals surface area contributed by atoms with Crippen molar-refractivity contribution in [3.8, 4) is 5.75 Å². The highest BCUT2D eigenvalue weighted by Gasteiger charge is 2.16. The van der Waals surface area contributed by atoms with Gasteiger partial charge in [-0.2, -0.15) is 0 Å². The van der Waals surface area contributed by atoms with Crippen LogP contribution in [0.5, 0.6) is 5.75 Å². The van der Waals surface area contributed by atoms with Crippen LogP contribution in [0.1, 0.15) is 19.3 Å². The zero-order chi connectivity index (χ0) is 17.2. The molecule has 0 amide bonds. The third-order valence-electron chi connectivity index (χ3n) is 4.69. The van der Waals surface area contributed by atoms with E-state index < -0.39 is 0 Å². The molecule has 1 heterocycles. The Kier molecular flexibility index (Phi) is 7.89. The second kappa shape index (κ2) is 10.2. The fraction of sp³-hybridized carbons (Fsp3) is 0.632. The van der Waals surface area contributed by atoms with Gasteiger partial charge in [0.15, 0.2) is 5.96 Å². The van der Waals surface area contributed by atoms with Crippen LogP contribution in [-0.4, -0.2) is 69.7 Å². The van der Waals surface area contributed by atoms with E-state index in [1.54, 1.807) is 0 Å². The van der Waals surface area contributed by atoms with Crippen LogP contribution in [-0.2, 0) is 0 Å². The van der Waals surface area contributed by atoms with Gasteiger partial charge in [0.05, 0.1) is 6.54 Å². The summed E-state index contributed by atoms with van der Waals surface area (Å²) in [5, 5.41) is 3.48. The van der Waals surface area contributed by atoms with Gasteiger partial charge in [0.2, 0.25) is 0 Å². The van der Waals surface area contributed by atoms with Crippen LogP contribution < -0.4 is 10.1 Å². The molecule has 1 fully saturated rings. The van der Waals surface area contributed by atoms with Gasteiger partial charge < -0.3 is 19.9 Å². The molecule has 1 aliphatic heterocycles. The van der Waals surface area contributed by atoms with Crippen LogP contribution in [0.3, 0.4) is 0 Å². The smallest absolute Gasteiger partial charge is 0.193 e. The number of likely N-dealkylation sites (N-methyl/N-ethyl adjacent to an activating group) is 1. The minimum Gasteiger partial charge on any atom is -0.492 e. The average molecular weight is 332 g/mol. The van der Waals surface area contributed by atoms with E-state index in [1.807, 2.05) is 37.4 Å². The second-order valence-electron chi connectivity index (χ2n) is 6.59. The molecule has 0 unspecified atom stereocenters. The van der Waals surface area contributed by atoms with Crippen molar-refractivity contribution in [3.05, 3.63) is 30.3 Å². The largest absolute Gasteiger partial charge is 0.492 e. The van der Waals surface area contributed by atoms with Gasteiger partial charge in [-0.25, -0.2) is 0 Å². The maximum atomic E-state index is 5.75. The third kappa shape index (κ3) is 6.40. The van der Waals surface area contributed by atoms with Gasteiger partial charge in [-0.3, -0.25) is 4.99 Å². The quantitative estimate of drug-likeness (QED) is 0.614. The first-order valence-corrected chi connectivity index (χ1v) is 8.97. The van der Waals surface area contributed by atoms with Crippen molar-refractivity contribution in [1.29, 1.82) is 0 Å². The van der Waals surface area contributed by atoms with Crippen LogP contribution >= 0.6 is 0 Å². The Morgan fingerprint density at radius 1 is 1.29 bits per heavy atom. The van der Waals surface area contributed by atoms with Crippen molar-refractivity contribution in [2.24, 2.45) is 10.9 Å². The fourth-order valence-corrected chi connectivity index (χ4v) is 3.05. The Morgan fingerprint density at radius 2 is 2.00 bits per heavy atom. The number of hydrogen-bond acceptors (Lipinski definition) is 3. The Hall–Kier alpha value is -1.75. The highest BCUT2D eigenvalue weighted by Crippen LogP contribution is 2.18. The minimum absolute atomic E-state index is 0.649. The Balaban J connectivity index is 1.63. The third-order valence-corrected chi connectivity index (χ3v) is 4.69. The predicted molar refractivity (Wildman–Crippen MR) is 101 cm³/mol. The summed E-state index contributed by atoms with van der Waals surface area (Å²) in [4.78, 5) is 8.92. The molecule has 1 aromatic rings. The van der Waals surface area contributed by atoms with Gasteiger partial charge in [-0.15, -0.1) is 0 Å². The number of ether oxygens (including phenoxy) is 1. The summed E-state index contributed by atoms with van der Waals surface area (Å²) >= 11 is 0. The lowest BCUT2D eigenvalue weighted by atomic mass is 9.94.